The fourth-order valence-electron chi connectivity index (χ4n) is 5.88. The van der Waals surface area contributed by atoms with Crippen molar-refractivity contribution in [2.24, 2.45) is 11.8 Å². The highest BCUT2D eigenvalue weighted by molar-refractivity contribution is 7.99. The number of nitrogens with two attached hydrogens (primary N) is 1. The zero-order valence-electron chi connectivity index (χ0n) is 14.8. The lowest BCUT2D eigenvalue weighted by Crippen LogP contribution is -3.00. The minimum atomic E-state index is 0.321. The van der Waals surface area contributed by atoms with Crippen LogP contribution in [0.25, 0.3) is 0 Å². The van der Waals surface area contributed by atoms with Gasteiger partial charge in [0.05, 0.1) is 13.0 Å². The number of thioether (sulfide) groups is 1. The van der Waals surface area contributed by atoms with E-state index >= 15 is 0 Å². The summed E-state index contributed by atoms with van der Waals surface area (Å²) in [6.45, 7) is 5.15. The molecule has 2 N–H and O–H groups in total. The molecule has 5 saturated heterocycles. The Hall–Kier alpha value is -0.790. The van der Waals surface area contributed by atoms with Gasteiger partial charge in [0, 0.05) is 44.4 Å². The normalized spacial score (nSPS) is 41.7. The number of hydrogen-bond acceptors (Lipinski definition) is 4. The van der Waals surface area contributed by atoms with E-state index in [1.165, 1.54) is 12.8 Å². The molecular formula is C18H29N4O2S+. The number of carbonyl (C=O) groups is 2. The Bertz CT molecular complexity index is 573. The van der Waals surface area contributed by atoms with E-state index in [9.17, 15) is 9.59 Å². The van der Waals surface area contributed by atoms with E-state index in [1.54, 1.807) is 0 Å². The number of likely N-dealkylation sites (tertiary alicyclic amines) is 1. The van der Waals surface area contributed by atoms with E-state index < -0.39 is 0 Å². The summed E-state index contributed by atoms with van der Waals surface area (Å²) in [5.41, 5.74) is 0.321. The van der Waals surface area contributed by atoms with Gasteiger partial charge in [0.2, 0.25) is 17.3 Å². The molecule has 0 radical (unpaired) electrons. The zero-order chi connectivity index (χ0) is 17.0. The van der Waals surface area contributed by atoms with E-state index in [0.717, 1.165) is 51.3 Å². The molecule has 5 aliphatic rings. The molecule has 0 saturated carbocycles. The topological polar surface area (TPSA) is 60.5 Å². The maximum absolute atomic E-state index is 12.4. The molecule has 5 atom stereocenters. The van der Waals surface area contributed by atoms with Gasteiger partial charge in [-0.1, -0.05) is 11.8 Å². The van der Waals surface area contributed by atoms with Gasteiger partial charge in [-0.3, -0.25) is 19.4 Å². The minimum Gasteiger partial charge on any atom is -0.339 e. The minimum absolute atomic E-state index is 0.321. The molecule has 3 unspecified atom stereocenters. The second-order valence-corrected chi connectivity index (χ2v) is 9.82. The van der Waals surface area contributed by atoms with Crippen molar-refractivity contribution >= 4 is 23.6 Å². The molecule has 7 heteroatoms. The summed E-state index contributed by atoms with van der Waals surface area (Å²) in [6, 6.07) is 0.889. The number of hydrogen-bond donors (Lipinski definition) is 1. The summed E-state index contributed by atoms with van der Waals surface area (Å²) in [7, 11) is 0. The largest absolute Gasteiger partial charge is 0.339 e. The lowest BCUT2D eigenvalue weighted by atomic mass is 9.76. The predicted molar refractivity (Wildman–Crippen MR) is 95.7 cm³/mol. The Morgan fingerprint density at radius 2 is 2.04 bits per heavy atom. The van der Waals surface area contributed by atoms with Gasteiger partial charge in [-0.15, -0.1) is 0 Å². The molecule has 0 aromatic rings. The van der Waals surface area contributed by atoms with Crippen molar-refractivity contribution in [3.63, 3.8) is 0 Å². The first-order valence-electron chi connectivity index (χ1n) is 9.95. The molecule has 0 spiro atoms. The third-order valence-corrected chi connectivity index (χ3v) is 8.04. The van der Waals surface area contributed by atoms with Crippen LogP contribution >= 0.6 is 11.8 Å². The highest BCUT2D eigenvalue weighted by Crippen LogP contribution is 2.38. The first-order valence-corrected chi connectivity index (χ1v) is 11.0. The van der Waals surface area contributed by atoms with Crippen molar-refractivity contribution in [2.75, 3.05) is 38.5 Å². The zero-order valence-corrected chi connectivity index (χ0v) is 15.6. The van der Waals surface area contributed by atoms with Crippen LogP contribution in [-0.2, 0) is 9.59 Å². The van der Waals surface area contributed by atoms with Crippen LogP contribution in [0.4, 0.5) is 0 Å². The number of piperidine rings is 3. The van der Waals surface area contributed by atoms with Crippen LogP contribution in [0.15, 0.2) is 0 Å². The summed E-state index contributed by atoms with van der Waals surface area (Å²) in [6.07, 6.45) is 5.01. The summed E-state index contributed by atoms with van der Waals surface area (Å²) in [5.74, 6) is 3.11. The van der Waals surface area contributed by atoms with Gasteiger partial charge >= 0.3 is 0 Å². The van der Waals surface area contributed by atoms with Gasteiger partial charge in [-0.25, -0.2) is 0 Å². The van der Waals surface area contributed by atoms with Crippen LogP contribution in [0.2, 0.25) is 0 Å². The van der Waals surface area contributed by atoms with E-state index in [2.05, 4.69) is 20.0 Å². The van der Waals surface area contributed by atoms with Gasteiger partial charge < -0.3 is 10.2 Å². The van der Waals surface area contributed by atoms with Crippen LogP contribution in [0.5, 0.6) is 0 Å². The Labute approximate surface area is 153 Å². The van der Waals surface area contributed by atoms with Crippen LogP contribution in [0.1, 0.15) is 32.1 Å². The fraction of sp³-hybridized carbons (Fsp3) is 0.889. The maximum Gasteiger partial charge on any atom is 0.233 e. The van der Waals surface area contributed by atoms with Gasteiger partial charge in [0.25, 0.3) is 0 Å². The predicted octanol–water partition coefficient (Wildman–Crippen LogP) is -0.486. The highest BCUT2D eigenvalue weighted by Gasteiger charge is 2.46. The molecule has 5 rings (SSSR count). The average Bonchev–Trinajstić information content (AvgIpc) is 3.05. The smallest absolute Gasteiger partial charge is 0.233 e. The van der Waals surface area contributed by atoms with Crippen molar-refractivity contribution in [3.8, 4) is 0 Å². The monoisotopic (exact) mass is 365 g/mol. The maximum atomic E-state index is 12.4. The number of amides is 2. The highest BCUT2D eigenvalue weighted by atomic mass is 32.2. The molecule has 0 aromatic heterocycles. The molecule has 2 bridgehead atoms. The first kappa shape index (κ1) is 16.4. The second-order valence-electron chi connectivity index (χ2n) is 8.59. The average molecular weight is 366 g/mol. The number of fused-ring (bicyclic) bond motifs is 5. The molecule has 5 heterocycles. The molecule has 0 aliphatic carbocycles. The summed E-state index contributed by atoms with van der Waals surface area (Å²) >= 11 is 1.91. The third-order valence-electron chi connectivity index (χ3n) is 6.87. The van der Waals surface area contributed by atoms with Crippen LogP contribution in [0, 0.1) is 11.8 Å². The van der Waals surface area contributed by atoms with Crippen LogP contribution in [0.3, 0.4) is 0 Å². The van der Waals surface area contributed by atoms with E-state index in [-0.39, 0.29) is 0 Å². The Balaban J connectivity index is 1.23. The second kappa shape index (κ2) is 6.43. The van der Waals surface area contributed by atoms with E-state index in [1.807, 2.05) is 11.8 Å². The van der Waals surface area contributed by atoms with Gasteiger partial charge in [0.1, 0.15) is 6.04 Å². The lowest BCUT2D eigenvalue weighted by Gasteiger charge is -2.52. The molecule has 0 aromatic carbocycles. The van der Waals surface area contributed by atoms with Gasteiger partial charge in [-0.05, 0) is 31.1 Å². The molecule has 5 aliphatic heterocycles. The Kier molecular flexibility index (Phi) is 4.21. The first-order chi connectivity index (χ1) is 12.2. The number of quaternary nitrogens is 1. The lowest BCUT2D eigenvalue weighted by molar-refractivity contribution is -0.719. The van der Waals surface area contributed by atoms with Crippen molar-refractivity contribution in [1.82, 2.24) is 14.7 Å². The van der Waals surface area contributed by atoms with Gasteiger partial charge in [0.15, 0.2) is 0 Å². The molecule has 138 valence electrons. The number of nitrogens with zero attached hydrogens (tertiary/aromatic N) is 3. The van der Waals surface area contributed by atoms with Crippen molar-refractivity contribution in [2.45, 2.75) is 49.7 Å². The summed E-state index contributed by atoms with van der Waals surface area (Å²) in [5, 5.41) is 2.43. The molecule has 6 nitrogen and oxygen atoms in total. The summed E-state index contributed by atoms with van der Waals surface area (Å²) in [4.78, 5) is 31.5. The van der Waals surface area contributed by atoms with Crippen molar-refractivity contribution < 1.29 is 14.9 Å². The summed E-state index contributed by atoms with van der Waals surface area (Å²) < 4.78 is 0. The SMILES string of the molecule is O=C1CC(CN2C[C@@H]3C[C@@H](C2)C2CCCC(=O)N2C3)[NH2+]C2SCCN12. The quantitative estimate of drug-likeness (QED) is 0.718. The van der Waals surface area contributed by atoms with E-state index in [4.69, 9.17) is 0 Å². The number of rotatable bonds is 2. The van der Waals surface area contributed by atoms with E-state index in [0.29, 0.717) is 47.7 Å². The Morgan fingerprint density at radius 3 is 2.96 bits per heavy atom. The molecule has 25 heavy (non-hydrogen) atoms. The molecule has 5 fully saturated rings. The van der Waals surface area contributed by atoms with Crippen molar-refractivity contribution in [3.05, 3.63) is 0 Å². The fourth-order valence-corrected chi connectivity index (χ4v) is 7.16. The van der Waals surface area contributed by atoms with Gasteiger partial charge in [-0.2, -0.15) is 0 Å². The van der Waals surface area contributed by atoms with Crippen LogP contribution in [-0.4, -0.2) is 82.6 Å². The Morgan fingerprint density at radius 1 is 1.12 bits per heavy atom. The molecule has 2 amide bonds. The standard InChI is InChI=1S/C18H28N4O2S/c23-16-3-1-2-15-13-6-12(9-22(15)16)8-20(10-13)11-14-7-17(24)21-4-5-25-18(21)19-14/h12-15,18-19H,1-11H2/p+1/t12-,13-,14?,15?,18?/m0/s1. The van der Waals surface area contributed by atoms with Crippen molar-refractivity contribution in [1.29, 1.82) is 0 Å². The molecular weight excluding hydrogens is 336 g/mol. The number of carbonyl (C=O) groups excluding carboxylic acids is 2. The third kappa shape index (κ3) is 2.98. The van der Waals surface area contributed by atoms with Crippen LogP contribution < -0.4 is 5.32 Å².